The molecule has 172 valence electrons. The summed E-state index contributed by atoms with van der Waals surface area (Å²) in [7, 11) is 0. The van der Waals surface area contributed by atoms with E-state index in [4.69, 9.17) is 4.74 Å². The van der Waals surface area contributed by atoms with Gasteiger partial charge in [-0.3, -0.25) is 9.59 Å². The predicted octanol–water partition coefficient (Wildman–Crippen LogP) is 2.02. The quantitative estimate of drug-likeness (QED) is 0.268. The number of hydrogen-bond donors (Lipinski definition) is 4. The van der Waals surface area contributed by atoms with Crippen LogP contribution < -0.4 is 0 Å². The van der Waals surface area contributed by atoms with Crippen LogP contribution in [0.25, 0.3) is 0 Å². The topological polar surface area (TPSA) is 124 Å². The molecule has 0 bridgehead atoms. The Morgan fingerprint density at radius 2 is 1.07 bits per heavy atom. The lowest BCUT2D eigenvalue weighted by atomic mass is 9.86. The molecule has 0 aliphatic rings. The third kappa shape index (κ3) is 9.22. The van der Waals surface area contributed by atoms with Crippen LogP contribution in [0.15, 0.2) is 0 Å². The predicted molar refractivity (Wildman–Crippen MR) is 111 cm³/mol. The number of aliphatic hydroxyl groups is 4. The lowest BCUT2D eigenvalue weighted by Crippen LogP contribution is -2.49. The van der Waals surface area contributed by atoms with Gasteiger partial charge in [0.2, 0.25) is 0 Å². The van der Waals surface area contributed by atoms with Gasteiger partial charge in [0.15, 0.2) is 11.6 Å². The maximum Gasteiger partial charge on any atom is 0.192 e. The SMILES string of the molecule is CCCCC(CC)C(OC(C(=O)C(O)CO)C(CC)CCCC)C(=O)C(O)CO. The minimum Gasteiger partial charge on any atom is -0.393 e. The second kappa shape index (κ2) is 15.9. The minimum absolute atomic E-state index is 0.214. The molecule has 0 aromatic carbocycles. The van der Waals surface area contributed by atoms with Crippen molar-refractivity contribution in [3.8, 4) is 0 Å². The van der Waals surface area contributed by atoms with Gasteiger partial charge in [-0.25, -0.2) is 0 Å². The third-order valence-corrected chi connectivity index (χ3v) is 5.62. The van der Waals surface area contributed by atoms with E-state index in [1.54, 1.807) is 0 Å². The zero-order chi connectivity index (χ0) is 22.4. The molecule has 0 aliphatic carbocycles. The van der Waals surface area contributed by atoms with Gasteiger partial charge >= 0.3 is 0 Å². The minimum atomic E-state index is -1.58. The molecule has 6 unspecified atom stereocenters. The molecule has 7 nitrogen and oxygen atoms in total. The summed E-state index contributed by atoms with van der Waals surface area (Å²) in [5, 5.41) is 38.4. The summed E-state index contributed by atoms with van der Waals surface area (Å²) < 4.78 is 6.08. The Kier molecular flexibility index (Phi) is 15.4. The Balaban J connectivity index is 5.90. The molecular formula is C22H42O7. The fraction of sp³-hybridized carbons (Fsp3) is 0.909. The van der Waals surface area contributed by atoms with E-state index >= 15 is 0 Å². The van der Waals surface area contributed by atoms with Gasteiger partial charge in [0.1, 0.15) is 24.4 Å². The molecule has 0 saturated heterocycles. The zero-order valence-electron chi connectivity index (χ0n) is 18.5. The van der Waals surface area contributed by atoms with Gasteiger partial charge in [0, 0.05) is 0 Å². The number of rotatable bonds is 18. The van der Waals surface area contributed by atoms with Gasteiger partial charge in [-0.1, -0.05) is 66.2 Å². The summed E-state index contributed by atoms with van der Waals surface area (Å²) >= 11 is 0. The van der Waals surface area contributed by atoms with Gasteiger partial charge in [0.05, 0.1) is 13.2 Å². The molecule has 0 fully saturated rings. The number of ketones is 2. The number of carbonyl (C=O) groups is 2. The van der Waals surface area contributed by atoms with E-state index in [2.05, 4.69) is 0 Å². The first-order valence-electron chi connectivity index (χ1n) is 11.1. The summed E-state index contributed by atoms with van der Waals surface area (Å²) in [4.78, 5) is 25.6. The van der Waals surface area contributed by atoms with E-state index in [0.29, 0.717) is 25.7 Å². The largest absolute Gasteiger partial charge is 0.393 e. The molecule has 4 N–H and O–H groups in total. The number of aliphatic hydroxyl groups excluding tert-OH is 4. The standard InChI is InChI=1S/C22H42O7/c1-5-9-11-15(7-3)21(19(27)17(25)13-23)29-22(20(28)18(26)14-24)16(8-4)12-10-6-2/h15-18,21-26H,5-14H2,1-4H3. The fourth-order valence-corrected chi connectivity index (χ4v) is 3.61. The lowest BCUT2D eigenvalue weighted by molar-refractivity contribution is -0.164. The number of hydrogen-bond acceptors (Lipinski definition) is 7. The third-order valence-electron chi connectivity index (χ3n) is 5.62. The van der Waals surface area contributed by atoms with Crippen molar-refractivity contribution in [1.29, 1.82) is 0 Å². The summed E-state index contributed by atoms with van der Waals surface area (Å²) in [6, 6.07) is 0. The first-order chi connectivity index (χ1) is 13.8. The van der Waals surface area contributed by atoms with Crippen LogP contribution in [0.5, 0.6) is 0 Å². The summed E-state index contributed by atoms with van der Waals surface area (Å²) in [6.07, 6.45) is 0.945. The van der Waals surface area contributed by atoms with E-state index < -0.39 is 49.2 Å². The highest BCUT2D eigenvalue weighted by molar-refractivity contribution is 5.90. The zero-order valence-corrected chi connectivity index (χ0v) is 18.5. The molecule has 0 aliphatic heterocycles. The Bertz CT molecular complexity index is 414. The Morgan fingerprint density at radius 1 is 0.724 bits per heavy atom. The van der Waals surface area contributed by atoms with E-state index in [-0.39, 0.29) is 11.8 Å². The summed E-state index contributed by atoms with van der Waals surface area (Å²) in [5.41, 5.74) is 0. The van der Waals surface area contributed by atoms with Crippen LogP contribution in [0.4, 0.5) is 0 Å². The molecular weight excluding hydrogens is 376 g/mol. The maximum atomic E-state index is 12.8. The number of carbonyl (C=O) groups excluding carboxylic acids is 2. The van der Waals surface area contributed by atoms with Crippen molar-refractivity contribution in [3.05, 3.63) is 0 Å². The van der Waals surface area contributed by atoms with Gasteiger partial charge in [-0.2, -0.15) is 0 Å². The maximum absolute atomic E-state index is 12.8. The van der Waals surface area contributed by atoms with Crippen molar-refractivity contribution in [2.45, 2.75) is 103 Å². The molecule has 0 rings (SSSR count). The highest BCUT2D eigenvalue weighted by atomic mass is 16.5. The molecule has 0 saturated carbocycles. The highest BCUT2D eigenvalue weighted by Gasteiger charge is 2.39. The molecule has 0 aromatic heterocycles. The molecule has 0 heterocycles. The number of Topliss-reactive ketones (excluding diaryl/α,β-unsaturated/α-hetero) is 2. The molecule has 0 spiro atoms. The first kappa shape index (κ1) is 28.1. The highest BCUT2D eigenvalue weighted by Crippen LogP contribution is 2.28. The summed E-state index contributed by atoms with van der Waals surface area (Å²) in [6.45, 7) is 6.48. The van der Waals surface area contributed by atoms with Crippen molar-refractivity contribution in [2.75, 3.05) is 13.2 Å². The second-order valence-electron chi connectivity index (χ2n) is 7.80. The van der Waals surface area contributed by atoms with Crippen LogP contribution in [0.2, 0.25) is 0 Å². The van der Waals surface area contributed by atoms with Crippen LogP contribution in [0.1, 0.15) is 79.1 Å². The second-order valence-corrected chi connectivity index (χ2v) is 7.80. The number of ether oxygens (including phenoxy) is 1. The van der Waals surface area contributed by atoms with Gasteiger partial charge in [-0.05, 0) is 24.7 Å². The molecule has 0 aromatic rings. The van der Waals surface area contributed by atoms with Crippen molar-refractivity contribution in [2.24, 2.45) is 11.8 Å². The number of unbranched alkanes of at least 4 members (excludes halogenated alkanes) is 2. The van der Waals surface area contributed by atoms with E-state index in [9.17, 15) is 30.0 Å². The average molecular weight is 419 g/mol. The molecule has 0 radical (unpaired) electrons. The van der Waals surface area contributed by atoms with E-state index in [1.807, 2.05) is 27.7 Å². The van der Waals surface area contributed by atoms with Crippen LogP contribution >= 0.6 is 0 Å². The van der Waals surface area contributed by atoms with Crippen molar-refractivity contribution >= 4 is 11.6 Å². The average Bonchev–Trinajstić information content (AvgIpc) is 2.75. The molecule has 7 heteroatoms. The van der Waals surface area contributed by atoms with Gasteiger partial charge in [0.25, 0.3) is 0 Å². The van der Waals surface area contributed by atoms with Crippen LogP contribution in [-0.2, 0) is 14.3 Å². The Morgan fingerprint density at radius 3 is 1.31 bits per heavy atom. The Labute approximate surface area is 175 Å². The first-order valence-corrected chi connectivity index (χ1v) is 11.1. The molecule has 29 heavy (non-hydrogen) atoms. The van der Waals surface area contributed by atoms with Crippen molar-refractivity contribution in [1.82, 2.24) is 0 Å². The van der Waals surface area contributed by atoms with Crippen LogP contribution in [0.3, 0.4) is 0 Å². The smallest absolute Gasteiger partial charge is 0.192 e. The monoisotopic (exact) mass is 418 g/mol. The fourth-order valence-electron chi connectivity index (χ4n) is 3.61. The lowest BCUT2D eigenvalue weighted by Gasteiger charge is -2.34. The van der Waals surface area contributed by atoms with Crippen molar-refractivity contribution < 1.29 is 34.8 Å². The van der Waals surface area contributed by atoms with Crippen LogP contribution in [-0.4, -0.2) is 69.6 Å². The van der Waals surface area contributed by atoms with Gasteiger partial charge < -0.3 is 25.2 Å². The van der Waals surface area contributed by atoms with Crippen LogP contribution in [0, 0.1) is 11.8 Å². The molecule has 0 amide bonds. The molecule has 6 atom stereocenters. The van der Waals surface area contributed by atoms with Crippen molar-refractivity contribution in [3.63, 3.8) is 0 Å². The van der Waals surface area contributed by atoms with E-state index in [0.717, 1.165) is 25.7 Å². The Hall–Kier alpha value is -0.860. The van der Waals surface area contributed by atoms with Gasteiger partial charge in [-0.15, -0.1) is 0 Å². The normalized spacial score (nSPS) is 17.9. The van der Waals surface area contributed by atoms with E-state index in [1.165, 1.54) is 0 Å². The summed E-state index contributed by atoms with van der Waals surface area (Å²) in [5.74, 6) is -1.71.